The van der Waals surface area contributed by atoms with Crippen molar-refractivity contribution >= 4 is 29.2 Å². The van der Waals surface area contributed by atoms with Crippen LogP contribution in [0.25, 0.3) is 0 Å². The van der Waals surface area contributed by atoms with Crippen molar-refractivity contribution in [3.8, 4) is 0 Å². The fraction of sp³-hybridized carbons (Fsp3) is 0.500. The first-order valence-electron chi connectivity index (χ1n) is 9.54. The Morgan fingerprint density at radius 1 is 1.14 bits per heavy atom. The Kier molecular flexibility index (Phi) is 5.09. The molecule has 2 heterocycles. The molecule has 2 aliphatic rings. The molecule has 4 rings (SSSR count). The van der Waals surface area contributed by atoms with Crippen LogP contribution in [0.3, 0.4) is 0 Å². The largest absolute Gasteiger partial charge is 0.371 e. The molecule has 150 valence electrons. The Labute approximate surface area is 169 Å². The van der Waals surface area contributed by atoms with Gasteiger partial charge in [-0.2, -0.15) is 4.98 Å². The van der Waals surface area contributed by atoms with Crippen molar-refractivity contribution in [1.29, 1.82) is 0 Å². The van der Waals surface area contributed by atoms with Crippen LogP contribution in [-0.4, -0.2) is 52.7 Å². The molecule has 0 saturated heterocycles. The number of nitrogens with one attached hydrogen (secondary N) is 1. The molecule has 0 bridgehead atoms. The van der Waals surface area contributed by atoms with Crippen molar-refractivity contribution in [2.75, 3.05) is 29.2 Å². The van der Waals surface area contributed by atoms with E-state index in [0.29, 0.717) is 17.2 Å². The van der Waals surface area contributed by atoms with Gasteiger partial charge in [0.25, 0.3) is 0 Å². The van der Waals surface area contributed by atoms with Gasteiger partial charge in [-0.25, -0.2) is 9.37 Å². The van der Waals surface area contributed by atoms with Crippen LogP contribution >= 0.6 is 11.8 Å². The smallest absolute Gasteiger partial charge is 0.225 e. The molecular formula is C20H26FN5OS. The van der Waals surface area contributed by atoms with Crippen LogP contribution in [0.1, 0.15) is 25.5 Å². The van der Waals surface area contributed by atoms with E-state index < -0.39 is 6.23 Å². The summed E-state index contributed by atoms with van der Waals surface area (Å²) in [7, 11) is 3.83. The second-order valence-electron chi connectivity index (χ2n) is 7.69. The molecule has 1 saturated carbocycles. The Balaban J connectivity index is 1.41. The fourth-order valence-electron chi connectivity index (χ4n) is 3.79. The minimum Gasteiger partial charge on any atom is -0.371 e. The number of rotatable bonds is 4. The average molecular weight is 404 g/mol. The molecule has 1 aliphatic carbocycles. The molecule has 0 spiro atoms. The van der Waals surface area contributed by atoms with Crippen LogP contribution in [0.4, 0.5) is 21.8 Å². The molecule has 28 heavy (non-hydrogen) atoms. The number of halogens is 1. The molecule has 6 nitrogen and oxygen atoms in total. The van der Waals surface area contributed by atoms with Gasteiger partial charge in [-0.3, -0.25) is 0 Å². The molecule has 1 aromatic carbocycles. The number of anilines is 3. The Bertz CT molecular complexity index is 858. The third-order valence-electron chi connectivity index (χ3n) is 5.71. The second-order valence-corrected chi connectivity index (χ2v) is 9.06. The number of hydrogen-bond acceptors (Lipinski definition) is 7. The molecule has 1 aromatic heterocycles. The summed E-state index contributed by atoms with van der Waals surface area (Å²) in [5.41, 5.74) is 1.72. The fourth-order valence-corrected chi connectivity index (χ4v) is 5.13. The quantitative estimate of drug-likeness (QED) is 0.812. The number of aryl methyl sites for hydroxylation is 1. The Hall–Kier alpha value is -2.06. The molecule has 1 fully saturated rings. The lowest BCUT2D eigenvalue weighted by Gasteiger charge is -2.43. The van der Waals surface area contributed by atoms with E-state index in [1.807, 2.05) is 49.9 Å². The zero-order chi connectivity index (χ0) is 20.0. The van der Waals surface area contributed by atoms with E-state index >= 15 is 0 Å². The summed E-state index contributed by atoms with van der Waals surface area (Å²) in [6.45, 7) is 3.94. The van der Waals surface area contributed by atoms with Crippen LogP contribution in [-0.2, 0) is 0 Å². The first-order chi connectivity index (χ1) is 13.3. The molecule has 1 aliphatic heterocycles. The van der Waals surface area contributed by atoms with Gasteiger partial charge in [0.05, 0.1) is 11.7 Å². The summed E-state index contributed by atoms with van der Waals surface area (Å²) >= 11 is 1.79. The zero-order valence-corrected chi connectivity index (χ0v) is 17.4. The number of aliphatic hydroxyl groups excluding tert-OH is 1. The van der Waals surface area contributed by atoms with Gasteiger partial charge in [0.1, 0.15) is 17.7 Å². The van der Waals surface area contributed by atoms with Crippen molar-refractivity contribution in [2.24, 2.45) is 0 Å². The van der Waals surface area contributed by atoms with Crippen molar-refractivity contribution < 1.29 is 9.50 Å². The first kappa shape index (κ1) is 19.3. The number of aliphatic hydroxyl groups is 1. The number of thioether (sulfide) groups is 1. The number of aromatic nitrogens is 2. The highest BCUT2D eigenvalue weighted by molar-refractivity contribution is 8.00. The van der Waals surface area contributed by atoms with Crippen molar-refractivity contribution in [1.82, 2.24) is 9.97 Å². The minimum absolute atomic E-state index is 0.0557. The van der Waals surface area contributed by atoms with E-state index in [0.717, 1.165) is 34.9 Å². The van der Waals surface area contributed by atoms with Crippen molar-refractivity contribution in [3.05, 3.63) is 35.8 Å². The molecular weight excluding hydrogens is 377 g/mol. The third kappa shape index (κ3) is 3.51. The SMILES string of the molecule is Cc1nc(NC2CC(Sc3ccc(F)cc3)C2)nc2c1N(C)C(O)[C@H](C)N2C. The lowest BCUT2D eigenvalue weighted by Crippen LogP contribution is -2.53. The van der Waals surface area contributed by atoms with Gasteiger partial charge in [-0.15, -0.1) is 11.8 Å². The molecule has 8 heteroatoms. The standard InChI is InChI=1S/C20H26FN5OS/c1-11-17-18(25(3)12(2)19(27)26(17)4)24-20(22-11)23-14-9-16(10-14)28-15-7-5-13(21)6-8-15/h5-8,12,14,16,19,27H,9-10H2,1-4H3,(H,22,23,24)/t12-,14?,16?,19?/m0/s1. The molecule has 0 radical (unpaired) electrons. The van der Waals surface area contributed by atoms with Crippen molar-refractivity contribution in [2.45, 2.75) is 55.1 Å². The summed E-state index contributed by atoms with van der Waals surface area (Å²) in [6.07, 6.45) is 1.45. The molecule has 0 amide bonds. The zero-order valence-electron chi connectivity index (χ0n) is 16.6. The highest BCUT2D eigenvalue weighted by Crippen LogP contribution is 2.40. The predicted octanol–water partition coefficient (Wildman–Crippen LogP) is 3.25. The topological polar surface area (TPSA) is 64.5 Å². The number of fused-ring (bicyclic) bond motifs is 1. The van der Waals surface area contributed by atoms with Gasteiger partial charge in [-0.1, -0.05) is 0 Å². The second kappa shape index (κ2) is 7.40. The normalized spacial score (nSPS) is 26.6. The summed E-state index contributed by atoms with van der Waals surface area (Å²) < 4.78 is 13.0. The number of hydrogen-bond donors (Lipinski definition) is 2. The monoisotopic (exact) mass is 403 g/mol. The van der Waals surface area contributed by atoms with E-state index in [1.54, 1.807) is 11.8 Å². The number of benzene rings is 1. The van der Waals surface area contributed by atoms with Crippen molar-refractivity contribution in [3.63, 3.8) is 0 Å². The molecule has 1 unspecified atom stereocenters. The number of nitrogens with zero attached hydrogens (tertiary/aromatic N) is 4. The highest BCUT2D eigenvalue weighted by atomic mass is 32.2. The maximum absolute atomic E-state index is 13.0. The van der Waals surface area contributed by atoms with Crippen LogP contribution < -0.4 is 15.1 Å². The van der Waals surface area contributed by atoms with Gasteiger partial charge in [-0.05, 0) is 51.0 Å². The van der Waals surface area contributed by atoms with Gasteiger partial charge in [0.2, 0.25) is 5.95 Å². The summed E-state index contributed by atoms with van der Waals surface area (Å²) in [5, 5.41) is 14.4. The van der Waals surface area contributed by atoms with Crippen LogP contribution in [0.2, 0.25) is 0 Å². The molecule has 2 atom stereocenters. The van der Waals surface area contributed by atoms with Crippen LogP contribution in [0.15, 0.2) is 29.2 Å². The summed E-state index contributed by atoms with van der Waals surface area (Å²) in [4.78, 5) is 14.3. The van der Waals surface area contributed by atoms with E-state index in [9.17, 15) is 9.50 Å². The van der Waals surface area contributed by atoms with Gasteiger partial charge in [0, 0.05) is 30.3 Å². The number of likely N-dealkylation sites (N-methyl/N-ethyl adjacent to an activating group) is 2. The van der Waals surface area contributed by atoms with E-state index in [-0.39, 0.29) is 11.9 Å². The Morgan fingerprint density at radius 3 is 2.50 bits per heavy atom. The summed E-state index contributed by atoms with van der Waals surface area (Å²) in [5.74, 6) is 1.28. The highest BCUT2D eigenvalue weighted by Gasteiger charge is 2.35. The summed E-state index contributed by atoms with van der Waals surface area (Å²) in [6, 6.07) is 6.96. The average Bonchev–Trinajstić information content (AvgIpc) is 2.64. The molecule has 2 N–H and O–H groups in total. The third-order valence-corrected chi connectivity index (χ3v) is 6.97. The lowest BCUT2D eigenvalue weighted by atomic mass is 9.92. The minimum atomic E-state index is -0.588. The van der Waals surface area contributed by atoms with Crippen LogP contribution in [0, 0.1) is 12.7 Å². The van der Waals surface area contributed by atoms with Gasteiger partial charge < -0.3 is 20.2 Å². The maximum atomic E-state index is 13.0. The molecule has 2 aromatic rings. The Morgan fingerprint density at radius 2 is 1.82 bits per heavy atom. The van der Waals surface area contributed by atoms with Crippen LogP contribution in [0.5, 0.6) is 0 Å². The van der Waals surface area contributed by atoms with Gasteiger partial charge in [0.15, 0.2) is 5.82 Å². The first-order valence-corrected chi connectivity index (χ1v) is 10.4. The maximum Gasteiger partial charge on any atom is 0.225 e. The van der Waals surface area contributed by atoms with E-state index in [4.69, 9.17) is 4.98 Å². The lowest BCUT2D eigenvalue weighted by molar-refractivity contribution is 0.143. The van der Waals surface area contributed by atoms with E-state index in [1.165, 1.54) is 12.1 Å². The van der Waals surface area contributed by atoms with E-state index in [2.05, 4.69) is 10.3 Å². The van der Waals surface area contributed by atoms with Gasteiger partial charge >= 0.3 is 0 Å². The predicted molar refractivity (Wildman–Crippen MR) is 112 cm³/mol.